The smallest absolute Gasteiger partial charge is 0.223 e. The first kappa shape index (κ1) is 17.7. The molecule has 0 saturated heterocycles. The minimum absolute atomic E-state index is 0.0374. The number of hydrogen-bond acceptors (Lipinski definition) is 3. The van der Waals surface area contributed by atoms with Gasteiger partial charge in [0.15, 0.2) is 0 Å². The van der Waals surface area contributed by atoms with E-state index in [1.54, 1.807) is 11.8 Å². The van der Waals surface area contributed by atoms with Gasteiger partial charge in [-0.15, -0.1) is 0 Å². The van der Waals surface area contributed by atoms with Gasteiger partial charge in [0.1, 0.15) is 0 Å². The third-order valence-corrected chi connectivity index (χ3v) is 4.73. The van der Waals surface area contributed by atoms with Crippen molar-refractivity contribution >= 4 is 21.6 Å². The Bertz CT molecular complexity index is 601. The predicted octanol–water partition coefficient (Wildman–Crippen LogP) is 1.90. The molecule has 0 bridgehead atoms. The molecule has 0 atom stereocenters. The summed E-state index contributed by atoms with van der Waals surface area (Å²) in [5.41, 5.74) is 4.04. The fraction of sp³-hybridized carbons (Fsp3) is 0.533. The Morgan fingerprint density at radius 2 is 1.71 bits per heavy atom. The summed E-state index contributed by atoms with van der Waals surface area (Å²) >= 11 is 0. The normalized spacial score (nSPS) is 11.5. The van der Waals surface area contributed by atoms with Gasteiger partial charge in [0.2, 0.25) is 15.9 Å². The highest BCUT2D eigenvalue weighted by molar-refractivity contribution is 7.89. The molecule has 1 aromatic rings. The summed E-state index contributed by atoms with van der Waals surface area (Å²) in [5.74, 6) is -0.0592. The Morgan fingerprint density at radius 3 is 2.14 bits per heavy atom. The molecule has 1 rings (SSSR count). The lowest BCUT2D eigenvalue weighted by molar-refractivity contribution is -0.116. The number of amides is 1. The van der Waals surface area contributed by atoms with Crippen LogP contribution < -0.4 is 9.62 Å². The molecular formula is C15H24N2O3S. The molecule has 0 unspecified atom stereocenters. The minimum atomic E-state index is -3.24. The second kappa shape index (κ2) is 7.04. The van der Waals surface area contributed by atoms with Crippen LogP contribution in [0.3, 0.4) is 0 Å². The number of nitrogens with zero attached hydrogens (tertiary/aromatic N) is 1. The van der Waals surface area contributed by atoms with Crippen molar-refractivity contribution in [2.24, 2.45) is 0 Å². The number of aryl methyl sites for hydroxylation is 3. The van der Waals surface area contributed by atoms with Crippen molar-refractivity contribution in [3.63, 3.8) is 0 Å². The Morgan fingerprint density at radius 1 is 1.19 bits per heavy atom. The maximum atomic E-state index is 11.9. The van der Waals surface area contributed by atoms with E-state index in [0.717, 1.165) is 22.4 Å². The highest BCUT2D eigenvalue weighted by atomic mass is 32.2. The van der Waals surface area contributed by atoms with E-state index in [4.69, 9.17) is 0 Å². The molecule has 0 aliphatic heterocycles. The summed E-state index contributed by atoms with van der Waals surface area (Å²) in [6.07, 6.45) is 0. The lowest BCUT2D eigenvalue weighted by Gasteiger charge is -2.25. The molecule has 0 aromatic heterocycles. The molecule has 21 heavy (non-hydrogen) atoms. The van der Waals surface area contributed by atoms with Gasteiger partial charge in [0, 0.05) is 25.7 Å². The van der Waals surface area contributed by atoms with E-state index in [2.05, 4.69) is 4.72 Å². The van der Waals surface area contributed by atoms with E-state index in [9.17, 15) is 13.2 Å². The van der Waals surface area contributed by atoms with Gasteiger partial charge >= 0.3 is 0 Å². The average Bonchev–Trinajstić information content (AvgIpc) is 2.35. The van der Waals surface area contributed by atoms with Crippen LogP contribution in [-0.2, 0) is 14.8 Å². The zero-order valence-corrected chi connectivity index (χ0v) is 14.2. The molecule has 0 spiro atoms. The van der Waals surface area contributed by atoms with E-state index in [0.29, 0.717) is 6.54 Å². The zero-order valence-electron chi connectivity index (χ0n) is 13.4. The predicted molar refractivity (Wildman–Crippen MR) is 86.1 cm³/mol. The number of carbonyl (C=O) groups excluding carboxylic acids is 1. The third-order valence-electron chi connectivity index (χ3n) is 3.32. The molecule has 0 fully saturated rings. The first-order chi connectivity index (χ1) is 9.68. The van der Waals surface area contributed by atoms with E-state index in [-0.39, 0.29) is 18.2 Å². The number of carbonyl (C=O) groups is 1. The standard InChI is InChI=1S/C15H24N2O3S/c1-6-21(19,20)16-7-8-17(14(5)18)15-12(3)9-11(2)10-13(15)4/h9-10,16H,6-8H2,1-5H3. The van der Waals surface area contributed by atoms with Crippen LogP contribution in [0.15, 0.2) is 12.1 Å². The Hall–Kier alpha value is -1.40. The molecule has 6 heteroatoms. The first-order valence-corrected chi connectivity index (χ1v) is 8.66. The number of nitrogens with one attached hydrogen (secondary N) is 1. The Labute approximate surface area is 127 Å². The molecule has 0 aliphatic rings. The van der Waals surface area contributed by atoms with Gasteiger partial charge in [-0.1, -0.05) is 17.7 Å². The van der Waals surface area contributed by atoms with E-state index >= 15 is 0 Å². The van der Waals surface area contributed by atoms with Crippen LogP contribution in [0.5, 0.6) is 0 Å². The number of benzene rings is 1. The maximum Gasteiger partial charge on any atom is 0.223 e. The number of rotatable bonds is 6. The molecule has 118 valence electrons. The molecule has 1 N–H and O–H groups in total. The number of anilines is 1. The second-order valence-electron chi connectivity index (χ2n) is 5.22. The summed E-state index contributed by atoms with van der Waals surface area (Å²) in [7, 11) is -3.24. The fourth-order valence-corrected chi connectivity index (χ4v) is 3.05. The van der Waals surface area contributed by atoms with Crippen molar-refractivity contribution in [3.05, 3.63) is 28.8 Å². The topological polar surface area (TPSA) is 66.5 Å². The lowest BCUT2D eigenvalue weighted by atomic mass is 10.0. The molecule has 5 nitrogen and oxygen atoms in total. The molecule has 1 amide bonds. The molecule has 0 radical (unpaired) electrons. The fourth-order valence-electron chi connectivity index (χ4n) is 2.44. The molecular weight excluding hydrogens is 288 g/mol. The largest absolute Gasteiger partial charge is 0.311 e. The molecule has 0 aliphatic carbocycles. The van der Waals surface area contributed by atoms with E-state index in [1.165, 1.54) is 6.92 Å². The van der Waals surface area contributed by atoms with Crippen LogP contribution >= 0.6 is 0 Å². The van der Waals surface area contributed by atoms with Gasteiger partial charge in [0.05, 0.1) is 5.75 Å². The van der Waals surface area contributed by atoms with Crippen molar-refractivity contribution in [1.82, 2.24) is 4.72 Å². The third kappa shape index (κ3) is 4.82. The zero-order chi connectivity index (χ0) is 16.2. The summed E-state index contributed by atoms with van der Waals surface area (Å²) in [5, 5.41) is 0. The molecule has 1 aromatic carbocycles. The van der Waals surface area contributed by atoms with Crippen LogP contribution in [0.25, 0.3) is 0 Å². The highest BCUT2D eigenvalue weighted by Crippen LogP contribution is 2.26. The minimum Gasteiger partial charge on any atom is -0.311 e. The summed E-state index contributed by atoms with van der Waals surface area (Å²) in [6, 6.07) is 4.04. The van der Waals surface area contributed by atoms with Crippen LogP contribution in [0, 0.1) is 20.8 Å². The van der Waals surface area contributed by atoms with Crippen molar-refractivity contribution in [2.45, 2.75) is 34.6 Å². The van der Waals surface area contributed by atoms with E-state index in [1.807, 2.05) is 32.9 Å². The van der Waals surface area contributed by atoms with Gasteiger partial charge in [-0.2, -0.15) is 0 Å². The molecule has 0 heterocycles. The summed E-state index contributed by atoms with van der Waals surface area (Å²) < 4.78 is 25.4. The van der Waals surface area contributed by atoms with Crippen LogP contribution in [0.4, 0.5) is 5.69 Å². The Balaban J connectivity index is 2.96. The van der Waals surface area contributed by atoms with Gasteiger partial charge in [-0.05, 0) is 38.8 Å². The van der Waals surface area contributed by atoms with Gasteiger partial charge in [-0.25, -0.2) is 13.1 Å². The second-order valence-corrected chi connectivity index (χ2v) is 7.31. The number of sulfonamides is 1. The van der Waals surface area contributed by atoms with Crippen molar-refractivity contribution in [1.29, 1.82) is 0 Å². The highest BCUT2D eigenvalue weighted by Gasteiger charge is 2.17. The average molecular weight is 312 g/mol. The number of hydrogen-bond donors (Lipinski definition) is 1. The SMILES string of the molecule is CCS(=O)(=O)NCCN(C(C)=O)c1c(C)cc(C)cc1C. The quantitative estimate of drug-likeness (QED) is 0.872. The van der Waals surface area contributed by atoms with Crippen molar-refractivity contribution in [3.8, 4) is 0 Å². The van der Waals surface area contributed by atoms with Crippen molar-refractivity contribution in [2.75, 3.05) is 23.7 Å². The van der Waals surface area contributed by atoms with E-state index < -0.39 is 10.0 Å². The Kier molecular flexibility index (Phi) is 5.92. The molecule has 0 saturated carbocycles. The van der Waals surface area contributed by atoms with Gasteiger partial charge < -0.3 is 4.90 Å². The summed E-state index contributed by atoms with van der Waals surface area (Å²) in [4.78, 5) is 13.5. The van der Waals surface area contributed by atoms with Crippen LogP contribution in [0.2, 0.25) is 0 Å². The summed E-state index contributed by atoms with van der Waals surface area (Å²) in [6.45, 7) is 9.54. The van der Waals surface area contributed by atoms with Gasteiger partial charge in [-0.3, -0.25) is 4.79 Å². The van der Waals surface area contributed by atoms with Gasteiger partial charge in [0.25, 0.3) is 0 Å². The van der Waals surface area contributed by atoms with Crippen LogP contribution in [-0.4, -0.2) is 33.2 Å². The first-order valence-electron chi connectivity index (χ1n) is 7.01. The monoisotopic (exact) mass is 312 g/mol. The maximum absolute atomic E-state index is 11.9. The lowest BCUT2D eigenvalue weighted by Crippen LogP contribution is -2.38. The van der Waals surface area contributed by atoms with Crippen LogP contribution in [0.1, 0.15) is 30.5 Å². The van der Waals surface area contributed by atoms with Crippen molar-refractivity contribution < 1.29 is 13.2 Å².